The number of anilines is 1. The quantitative estimate of drug-likeness (QED) is 0.669. The van der Waals surface area contributed by atoms with Crippen molar-refractivity contribution in [2.45, 2.75) is 25.6 Å². The molecule has 0 radical (unpaired) electrons. The average Bonchev–Trinajstić information content (AvgIpc) is 2.34. The van der Waals surface area contributed by atoms with Gasteiger partial charge in [0.05, 0.1) is 17.4 Å². The molecule has 1 N–H and O–H groups in total. The predicted octanol–water partition coefficient (Wildman–Crippen LogP) is 3.04. The number of benzene rings is 1. The Morgan fingerprint density at radius 2 is 2.05 bits per heavy atom. The van der Waals surface area contributed by atoms with Crippen LogP contribution >= 0.6 is 0 Å². The van der Waals surface area contributed by atoms with Crippen LogP contribution in [-0.4, -0.2) is 29.8 Å². The molecular formula is C12H15F3N2O3. The lowest BCUT2D eigenvalue weighted by molar-refractivity contribution is -0.384. The molecule has 0 unspecified atom stereocenters. The third kappa shape index (κ3) is 4.37. The molecule has 1 rings (SSSR count). The van der Waals surface area contributed by atoms with Gasteiger partial charge in [-0.05, 0) is 18.6 Å². The molecular weight excluding hydrogens is 277 g/mol. The molecule has 8 heteroatoms. The van der Waals surface area contributed by atoms with Crippen LogP contribution in [0.25, 0.3) is 0 Å². The number of hydrogen-bond donors (Lipinski definition) is 1. The molecule has 0 heterocycles. The van der Waals surface area contributed by atoms with Crippen molar-refractivity contribution in [2.75, 3.05) is 18.5 Å². The first-order chi connectivity index (χ1) is 9.11. The molecule has 20 heavy (non-hydrogen) atoms. The molecule has 0 aliphatic rings. The molecule has 0 fully saturated rings. The summed E-state index contributed by atoms with van der Waals surface area (Å²) in [4.78, 5) is 11.5. The van der Waals surface area contributed by atoms with Crippen molar-refractivity contribution in [2.24, 2.45) is 0 Å². The van der Waals surface area contributed by atoms with E-state index < -0.39 is 23.6 Å². The molecule has 0 saturated heterocycles. The van der Waals surface area contributed by atoms with Crippen molar-refractivity contribution in [3.63, 3.8) is 0 Å². The van der Waals surface area contributed by atoms with E-state index in [4.69, 9.17) is 0 Å². The van der Waals surface area contributed by atoms with Crippen molar-refractivity contribution in [3.05, 3.63) is 33.9 Å². The molecule has 0 spiro atoms. The van der Waals surface area contributed by atoms with Crippen LogP contribution in [0, 0.1) is 10.1 Å². The van der Waals surface area contributed by atoms with Gasteiger partial charge in [0.1, 0.15) is 5.69 Å². The normalized spacial score (nSPS) is 13.1. The van der Waals surface area contributed by atoms with Gasteiger partial charge in [-0.1, -0.05) is 6.07 Å². The Labute approximate surface area is 113 Å². The number of nitro benzene ring substituents is 1. The number of alkyl halides is 3. The van der Waals surface area contributed by atoms with Gasteiger partial charge < -0.3 is 10.0 Å². The highest BCUT2D eigenvalue weighted by Crippen LogP contribution is 2.31. The Hall–Kier alpha value is -1.83. The van der Waals surface area contributed by atoms with Crippen LogP contribution in [0.1, 0.15) is 25.0 Å². The fourth-order valence-electron chi connectivity index (χ4n) is 1.68. The number of rotatable bonds is 5. The summed E-state index contributed by atoms with van der Waals surface area (Å²) in [5.41, 5.74) is 0.0985. The standard InChI is InChI=1S/C12H15F3N2O3/c1-8(18)9-3-4-10(11(7-9)17(19)20)16(2)6-5-12(13,14)15/h3-4,7-8,18H,5-6H2,1-2H3/t8-/m0/s1. The van der Waals surface area contributed by atoms with E-state index in [0.717, 1.165) is 0 Å². The van der Waals surface area contributed by atoms with Crippen LogP contribution in [0.5, 0.6) is 0 Å². The van der Waals surface area contributed by atoms with E-state index in [1.807, 2.05) is 0 Å². The van der Waals surface area contributed by atoms with Crippen molar-refractivity contribution in [3.8, 4) is 0 Å². The van der Waals surface area contributed by atoms with E-state index in [-0.39, 0.29) is 17.9 Å². The minimum Gasteiger partial charge on any atom is -0.389 e. The minimum absolute atomic E-state index is 0.0867. The molecule has 0 aromatic heterocycles. The molecule has 0 aliphatic heterocycles. The first kappa shape index (κ1) is 16.2. The summed E-state index contributed by atoms with van der Waals surface area (Å²) < 4.78 is 36.5. The Balaban J connectivity index is 3.02. The Kier molecular flexibility index (Phi) is 4.93. The number of aliphatic hydroxyl groups is 1. The van der Waals surface area contributed by atoms with Crippen LogP contribution in [0.2, 0.25) is 0 Å². The van der Waals surface area contributed by atoms with E-state index in [2.05, 4.69) is 0 Å². The van der Waals surface area contributed by atoms with Crippen LogP contribution in [0.15, 0.2) is 18.2 Å². The highest BCUT2D eigenvalue weighted by Gasteiger charge is 2.28. The molecule has 5 nitrogen and oxygen atoms in total. The number of halogens is 3. The van der Waals surface area contributed by atoms with Gasteiger partial charge in [-0.15, -0.1) is 0 Å². The monoisotopic (exact) mass is 292 g/mol. The SMILES string of the molecule is C[C@H](O)c1ccc(N(C)CCC(F)(F)F)c([N+](=O)[O-])c1. The second-order valence-corrected chi connectivity index (χ2v) is 4.47. The lowest BCUT2D eigenvalue weighted by atomic mass is 10.1. The van der Waals surface area contributed by atoms with Gasteiger partial charge in [-0.3, -0.25) is 10.1 Å². The van der Waals surface area contributed by atoms with Crippen LogP contribution in [0.3, 0.4) is 0 Å². The van der Waals surface area contributed by atoms with Crippen LogP contribution < -0.4 is 4.90 Å². The number of nitro groups is 1. The second kappa shape index (κ2) is 6.08. The third-order valence-corrected chi connectivity index (χ3v) is 2.82. The fourth-order valence-corrected chi connectivity index (χ4v) is 1.68. The molecule has 112 valence electrons. The summed E-state index contributed by atoms with van der Waals surface area (Å²) >= 11 is 0. The highest BCUT2D eigenvalue weighted by molar-refractivity contribution is 5.64. The zero-order valence-corrected chi connectivity index (χ0v) is 11.0. The Morgan fingerprint density at radius 3 is 2.50 bits per heavy atom. The van der Waals surface area contributed by atoms with E-state index in [9.17, 15) is 28.4 Å². The zero-order valence-electron chi connectivity index (χ0n) is 11.0. The summed E-state index contributed by atoms with van der Waals surface area (Å²) in [5.74, 6) is 0. The fraction of sp³-hybridized carbons (Fsp3) is 0.500. The van der Waals surface area contributed by atoms with Crippen molar-refractivity contribution < 1.29 is 23.2 Å². The van der Waals surface area contributed by atoms with Gasteiger partial charge >= 0.3 is 6.18 Å². The van der Waals surface area contributed by atoms with Gasteiger partial charge in [0.25, 0.3) is 5.69 Å². The summed E-state index contributed by atoms with van der Waals surface area (Å²) in [6.45, 7) is 1.07. The maximum atomic E-state index is 12.2. The summed E-state index contributed by atoms with van der Waals surface area (Å²) in [5, 5.41) is 20.4. The van der Waals surface area contributed by atoms with Crippen molar-refractivity contribution in [1.29, 1.82) is 0 Å². The lowest BCUT2D eigenvalue weighted by Crippen LogP contribution is -2.24. The maximum Gasteiger partial charge on any atom is 0.390 e. The third-order valence-electron chi connectivity index (χ3n) is 2.82. The number of hydrogen-bond acceptors (Lipinski definition) is 4. The minimum atomic E-state index is -4.32. The molecule has 1 atom stereocenters. The van der Waals surface area contributed by atoms with Gasteiger partial charge in [0.2, 0.25) is 0 Å². The van der Waals surface area contributed by atoms with Crippen LogP contribution in [-0.2, 0) is 0 Å². The maximum absolute atomic E-state index is 12.2. The first-order valence-corrected chi connectivity index (χ1v) is 5.86. The lowest BCUT2D eigenvalue weighted by Gasteiger charge is -2.20. The smallest absolute Gasteiger partial charge is 0.389 e. The predicted molar refractivity (Wildman–Crippen MR) is 67.7 cm³/mol. The molecule has 1 aromatic rings. The Morgan fingerprint density at radius 1 is 1.45 bits per heavy atom. The molecule has 0 aliphatic carbocycles. The molecule has 0 saturated carbocycles. The number of nitrogens with zero attached hydrogens (tertiary/aromatic N) is 2. The van der Waals surface area contributed by atoms with E-state index in [0.29, 0.717) is 5.56 Å². The van der Waals surface area contributed by atoms with Crippen molar-refractivity contribution in [1.82, 2.24) is 0 Å². The van der Waals surface area contributed by atoms with Gasteiger partial charge in [0.15, 0.2) is 0 Å². The van der Waals surface area contributed by atoms with Crippen molar-refractivity contribution >= 4 is 11.4 Å². The zero-order chi connectivity index (χ0) is 15.5. The van der Waals surface area contributed by atoms with E-state index in [1.165, 1.54) is 37.1 Å². The number of aliphatic hydroxyl groups excluding tert-OH is 1. The topological polar surface area (TPSA) is 66.6 Å². The van der Waals surface area contributed by atoms with Crippen LogP contribution in [0.4, 0.5) is 24.5 Å². The molecule has 0 amide bonds. The largest absolute Gasteiger partial charge is 0.390 e. The highest BCUT2D eigenvalue weighted by atomic mass is 19.4. The summed E-state index contributed by atoms with van der Waals surface area (Å²) in [6.07, 6.45) is -6.26. The summed E-state index contributed by atoms with van der Waals surface area (Å²) in [6, 6.07) is 3.97. The van der Waals surface area contributed by atoms with Gasteiger partial charge in [-0.2, -0.15) is 13.2 Å². The van der Waals surface area contributed by atoms with Gasteiger partial charge in [0, 0.05) is 19.7 Å². The van der Waals surface area contributed by atoms with E-state index in [1.54, 1.807) is 0 Å². The molecule has 1 aromatic carbocycles. The Bertz CT molecular complexity index is 489. The van der Waals surface area contributed by atoms with E-state index >= 15 is 0 Å². The first-order valence-electron chi connectivity index (χ1n) is 5.86. The van der Waals surface area contributed by atoms with Gasteiger partial charge in [-0.25, -0.2) is 0 Å². The average molecular weight is 292 g/mol. The summed E-state index contributed by atoms with van der Waals surface area (Å²) in [7, 11) is 1.36. The second-order valence-electron chi connectivity index (χ2n) is 4.47. The molecule has 0 bridgehead atoms.